The van der Waals surface area contributed by atoms with E-state index in [4.69, 9.17) is 5.73 Å². The van der Waals surface area contributed by atoms with E-state index in [1.165, 1.54) is 16.7 Å². The Hall–Kier alpha value is -3.04. The Labute approximate surface area is 162 Å². The molecular formula is C21H19N3O2S. The average molecular weight is 377 g/mol. The van der Waals surface area contributed by atoms with Crippen molar-refractivity contribution in [1.29, 1.82) is 5.26 Å². The number of carbonyl (C=O) groups is 2. The van der Waals surface area contributed by atoms with Gasteiger partial charge in [0.2, 0.25) is 5.91 Å². The molecule has 2 aromatic rings. The van der Waals surface area contributed by atoms with Crippen molar-refractivity contribution in [2.24, 2.45) is 5.73 Å². The van der Waals surface area contributed by atoms with Crippen LogP contribution in [-0.2, 0) is 16.0 Å². The molecule has 2 N–H and O–H groups in total. The lowest BCUT2D eigenvalue weighted by molar-refractivity contribution is -0.117. The number of carbonyl (C=O) groups excluding carboxylic acids is 2. The van der Waals surface area contributed by atoms with Gasteiger partial charge in [0.15, 0.2) is 0 Å². The summed E-state index contributed by atoms with van der Waals surface area (Å²) in [6.45, 7) is 3.96. The second kappa shape index (κ2) is 7.68. The molecule has 0 aromatic heterocycles. The highest BCUT2D eigenvalue weighted by Gasteiger charge is 2.40. The molecule has 2 aromatic carbocycles. The highest BCUT2D eigenvalue weighted by molar-refractivity contribution is 8.05. The first kappa shape index (κ1) is 18.7. The molecule has 1 unspecified atom stereocenters. The summed E-state index contributed by atoms with van der Waals surface area (Å²) in [5.41, 5.74) is 9.02. The van der Waals surface area contributed by atoms with Crippen LogP contribution < -0.4 is 10.6 Å². The molecule has 1 aliphatic rings. The lowest BCUT2D eigenvalue weighted by Gasteiger charge is -2.18. The molecular weight excluding hydrogens is 358 g/mol. The van der Waals surface area contributed by atoms with Crippen molar-refractivity contribution in [1.82, 2.24) is 0 Å². The van der Waals surface area contributed by atoms with Crippen LogP contribution in [0.5, 0.6) is 0 Å². The number of hydrogen-bond donors (Lipinski definition) is 1. The quantitative estimate of drug-likeness (QED) is 0.655. The summed E-state index contributed by atoms with van der Waals surface area (Å²) in [5.74, 6) is -0.991. The second-order valence-electron chi connectivity index (χ2n) is 6.46. The third kappa shape index (κ3) is 3.88. The van der Waals surface area contributed by atoms with E-state index in [9.17, 15) is 14.9 Å². The molecule has 3 rings (SSSR count). The fraction of sp³-hybridized carbons (Fsp3) is 0.190. The summed E-state index contributed by atoms with van der Waals surface area (Å²) in [6, 6.07) is 17.2. The Balaban J connectivity index is 2.01. The van der Waals surface area contributed by atoms with Gasteiger partial charge in [-0.05, 0) is 38.0 Å². The van der Waals surface area contributed by atoms with Crippen LogP contribution in [-0.4, -0.2) is 17.1 Å². The predicted octanol–water partition coefficient (Wildman–Crippen LogP) is 3.22. The molecule has 0 spiro atoms. The third-order valence-corrected chi connectivity index (χ3v) is 5.62. The van der Waals surface area contributed by atoms with Gasteiger partial charge in [0, 0.05) is 5.69 Å². The Morgan fingerprint density at radius 3 is 2.19 bits per heavy atom. The van der Waals surface area contributed by atoms with Gasteiger partial charge in [-0.3, -0.25) is 14.5 Å². The Kier molecular flexibility index (Phi) is 5.33. The van der Waals surface area contributed by atoms with E-state index in [0.29, 0.717) is 17.1 Å². The first-order valence-corrected chi connectivity index (χ1v) is 9.35. The number of rotatable bonds is 4. The molecule has 1 fully saturated rings. The average Bonchev–Trinajstić information content (AvgIpc) is 2.94. The van der Waals surface area contributed by atoms with Gasteiger partial charge in [-0.15, -0.1) is 0 Å². The van der Waals surface area contributed by atoms with Gasteiger partial charge in [0.05, 0.1) is 5.25 Å². The van der Waals surface area contributed by atoms with Crippen LogP contribution in [0, 0.1) is 25.2 Å². The summed E-state index contributed by atoms with van der Waals surface area (Å²) in [7, 11) is 0. The minimum absolute atomic E-state index is 0.159. The number of anilines is 1. The number of thioether (sulfide) groups is 1. The number of nitrogens with two attached hydrogens (primary N) is 1. The molecule has 1 aliphatic heterocycles. The van der Waals surface area contributed by atoms with E-state index in [1.54, 1.807) is 12.1 Å². The molecule has 0 radical (unpaired) electrons. The van der Waals surface area contributed by atoms with Crippen molar-refractivity contribution in [3.63, 3.8) is 0 Å². The van der Waals surface area contributed by atoms with E-state index in [1.807, 2.05) is 56.3 Å². The molecule has 27 heavy (non-hydrogen) atoms. The number of nitrogens with zero attached hydrogens (tertiary/aromatic N) is 2. The van der Waals surface area contributed by atoms with Crippen molar-refractivity contribution in [3.05, 3.63) is 75.8 Å². The van der Waals surface area contributed by atoms with Gasteiger partial charge in [-0.1, -0.05) is 59.3 Å². The first-order chi connectivity index (χ1) is 12.9. The monoisotopic (exact) mass is 377 g/mol. The molecule has 1 atom stereocenters. The van der Waals surface area contributed by atoms with Crippen LogP contribution in [0.1, 0.15) is 16.7 Å². The Morgan fingerprint density at radius 1 is 1.11 bits per heavy atom. The summed E-state index contributed by atoms with van der Waals surface area (Å²) in [5, 5.41) is 9.28. The maximum absolute atomic E-state index is 13.1. The molecule has 1 heterocycles. The summed E-state index contributed by atoms with van der Waals surface area (Å²) >= 11 is 1.22. The maximum atomic E-state index is 13.1. The molecule has 6 heteroatoms. The van der Waals surface area contributed by atoms with Crippen LogP contribution in [0.3, 0.4) is 0 Å². The lowest BCUT2D eigenvalue weighted by atomic mass is 10.1. The van der Waals surface area contributed by atoms with Gasteiger partial charge in [0.1, 0.15) is 16.7 Å². The van der Waals surface area contributed by atoms with Crippen LogP contribution in [0.25, 0.3) is 0 Å². The van der Waals surface area contributed by atoms with Crippen molar-refractivity contribution >= 4 is 29.3 Å². The van der Waals surface area contributed by atoms with Crippen LogP contribution in [0.4, 0.5) is 5.69 Å². The molecule has 5 nitrogen and oxygen atoms in total. The summed E-state index contributed by atoms with van der Waals surface area (Å²) in [4.78, 5) is 26.3. The number of aryl methyl sites for hydroxylation is 2. The Bertz CT molecular complexity index is 956. The predicted molar refractivity (Wildman–Crippen MR) is 107 cm³/mol. The van der Waals surface area contributed by atoms with E-state index in [-0.39, 0.29) is 11.5 Å². The summed E-state index contributed by atoms with van der Waals surface area (Å²) in [6.07, 6.45) is 0.507. The SMILES string of the molecule is Cc1ccc(CC2SC(=C(C#N)C(N)=O)N(c3ccc(C)cc3)C2=O)cc1. The third-order valence-electron chi connectivity index (χ3n) is 4.36. The van der Waals surface area contributed by atoms with Gasteiger partial charge in [-0.2, -0.15) is 5.26 Å². The number of amides is 2. The largest absolute Gasteiger partial charge is 0.365 e. The second-order valence-corrected chi connectivity index (χ2v) is 7.65. The van der Waals surface area contributed by atoms with Crippen molar-refractivity contribution in [2.75, 3.05) is 4.90 Å². The van der Waals surface area contributed by atoms with Crippen LogP contribution in [0.2, 0.25) is 0 Å². The normalized spacial score (nSPS) is 18.3. The highest BCUT2D eigenvalue weighted by atomic mass is 32.2. The number of benzene rings is 2. The smallest absolute Gasteiger partial charge is 0.262 e. The van der Waals surface area contributed by atoms with Crippen molar-refractivity contribution in [3.8, 4) is 6.07 Å². The molecule has 0 aliphatic carbocycles. The van der Waals surface area contributed by atoms with Gasteiger partial charge in [0.25, 0.3) is 5.91 Å². The molecule has 136 valence electrons. The lowest BCUT2D eigenvalue weighted by Crippen LogP contribution is -2.31. The van der Waals surface area contributed by atoms with Gasteiger partial charge in [-0.25, -0.2) is 0 Å². The Morgan fingerprint density at radius 2 is 1.67 bits per heavy atom. The maximum Gasteiger partial charge on any atom is 0.262 e. The zero-order chi connectivity index (χ0) is 19.6. The first-order valence-electron chi connectivity index (χ1n) is 8.47. The van der Waals surface area contributed by atoms with E-state index >= 15 is 0 Å². The number of hydrogen-bond acceptors (Lipinski definition) is 4. The molecule has 2 amide bonds. The minimum Gasteiger partial charge on any atom is -0.365 e. The topological polar surface area (TPSA) is 87.2 Å². The zero-order valence-electron chi connectivity index (χ0n) is 15.1. The highest BCUT2D eigenvalue weighted by Crippen LogP contribution is 2.41. The molecule has 0 bridgehead atoms. The minimum atomic E-state index is -0.833. The van der Waals surface area contributed by atoms with Gasteiger partial charge >= 0.3 is 0 Å². The van der Waals surface area contributed by atoms with Crippen molar-refractivity contribution in [2.45, 2.75) is 25.5 Å². The molecule has 0 saturated carbocycles. The van der Waals surface area contributed by atoms with E-state index in [0.717, 1.165) is 16.7 Å². The fourth-order valence-electron chi connectivity index (χ4n) is 2.87. The number of nitriles is 1. The summed E-state index contributed by atoms with van der Waals surface area (Å²) < 4.78 is 0. The molecule has 1 saturated heterocycles. The van der Waals surface area contributed by atoms with Crippen LogP contribution in [0.15, 0.2) is 59.1 Å². The fourth-order valence-corrected chi connectivity index (χ4v) is 4.18. The van der Waals surface area contributed by atoms with Crippen LogP contribution >= 0.6 is 11.8 Å². The van der Waals surface area contributed by atoms with E-state index in [2.05, 4.69) is 0 Å². The standard InChI is InChI=1S/C21H19N3O2S/c1-13-3-7-15(8-4-13)11-18-20(26)24(16-9-5-14(2)6-10-16)21(27-18)17(12-22)19(23)25/h3-10,18H,11H2,1-2H3,(H2,23,25). The number of primary amides is 1. The van der Waals surface area contributed by atoms with Gasteiger partial charge < -0.3 is 5.73 Å². The van der Waals surface area contributed by atoms with E-state index < -0.39 is 11.2 Å². The zero-order valence-corrected chi connectivity index (χ0v) is 15.9. The van der Waals surface area contributed by atoms with Crippen molar-refractivity contribution < 1.29 is 9.59 Å².